The summed E-state index contributed by atoms with van der Waals surface area (Å²) in [6.07, 6.45) is -0.664. The van der Waals surface area contributed by atoms with E-state index in [1.165, 1.54) is 18.2 Å². The number of hydrogen-bond acceptors (Lipinski definition) is 5. The first-order chi connectivity index (χ1) is 13.7. The number of carbonyl (C=O) groups is 3. The number of halogens is 3. The van der Waals surface area contributed by atoms with Gasteiger partial charge < -0.3 is 0 Å². The minimum absolute atomic E-state index is 0.0499. The molecule has 29 heavy (non-hydrogen) atoms. The van der Waals surface area contributed by atoms with Gasteiger partial charge in [0.15, 0.2) is 4.32 Å². The number of hydrazine groups is 1. The first-order valence-corrected chi connectivity index (χ1v) is 10.2. The highest BCUT2D eigenvalue weighted by Gasteiger charge is 2.54. The van der Waals surface area contributed by atoms with Crippen LogP contribution in [-0.4, -0.2) is 32.1 Å². The number of imide groups is 1. The summed E-state index contributed by atoms with van der Waals surface area (Å²) >= 11 is 5.96. The number of hydrogen-bond donors (Lipinski definition) is 0. The quantitative estimate of drug-likeness (QED) is 0.395. The Morgan fingerprint density at radius 2 is 1.59 bits per heavy atom. The smallest absolute Gasteiger partial charge is 0.272 e. The zero-order valence-corrected chi connectivity index (χ0v) is 16.6. The fraction of sp³-hybridized carbons (Fsp3) is 0.368. The molecule has 152 valence electrons. The lowest BCUT2D eigenvalue weighted by atomic mass is 9.81. The number of nitrogens with zero attached hydrogens (tertiary/aromatic N) is 2. The number of fused-ring (bicyclic) bond motifs is 1. The van der Waals surface area contributed by atoms with Crippen molar-refractivity contribution in [2.24, 2.45) is 11.8 Å². The Bertz CT molecular complexity index is 936. The van der Waals surface area contributed by atoms with E-state index in [0.29, 0.717) is 12.8 Å². The molecule has 2 atom stereocenters. The van der Waals surface area contributed by atoms with E-state index in [9.17, 15) is 27.6 Å². The molecule has 0 radical (unpaired) electrons. The number of alkyl halides is 3. The molecule has 0 aromatic heterocycles. The van der Waals surface area contributed by atoms with Crippen molar-refractivity contribution in [1.82, 2.24) is 10.0 Å². The average molecular weight is 440 g/mol. The standard InChI is InChI=1S/C19H15F3N2O3S2/c20-19(21,22)13-8-4-1-5-10(13)9-14-17(27)24(18(28)29-14)23-15(25)11-6-2-3-7-12(11)16(23)26/h1,4-5,8-9,11-12H,2-3,6-7H2/b14-9-/t11-,12-/m0/s1. The summed E-state index contributed by atoms with van der Waals surface area (Å²) in [6.45, 7) is 0. The fourth-order valence-electron chi connectivity index (χ4n) is 4.00. The zero-order chi connectivity index (χ0) is 20.9. The van der Waals surface area contributed by atoms with E-state index in [4.69, 9.17) is 12.2 Å². The van der Waals surface area contributed by atoms with E-state index in [1.807, 2.05) is 0 Å². The Morgan fingerprint density at radius 3 is 2.17 bits per heavy atom. The van der Waals surface area contributed by atoms with E-state index in [2.05, 4.69) is 0 Å². The molecule has 2 aliphatic heterocycles. The Kier molecular flexibility index (Phi) is 5.02. The van der Waals surface area contributed by atoms with Gasteiger partial charge in [-0.15, -0.1) is 0 Å². The van der Waals surface area contributed by atoms with E-state index >= 15 is 0 Å². The molecule has 10 heteroatoms. The van der Waals surface area contributed by atoms with Crippen LogP contribution in [0.25, 0.3) is 6.08 Å². The predicted octanol–water partition coefficient (Wildman–Crippen LogP) is 4.00. The minimum Gasteiger partial charge on any atom is -0.272 e. The van der Waals surface area contributed by atoms with E-state index < -0.39 is 41.3 Å². The molecule has 1 aliphatic carbocycles. The van der Waals surface area contributed by atoms with Crippen LogP contribution in [0.2, 0.25) is 0 Å². The van der Waals surface area contributed by atoms with Gasteiger partial charge in [0.05, 0.1) is 22.3 Å². The van der Waals surface area contributed by atoms with Gasteiger partial charge in [-0.2, -0.15) is 23.2 Å². The predicted molar refractivity (Wildman–Crippen MR) is 104 cm³/mol. The molecular weight excluding hydrogens is 425 g/mol. The minimum atomic E-state index is -4.59. The summed E-state index contributed by atoms with van der Waals surface area (Å²) in [5, 5.41) is 1.64. The van der Waals surface area contributed by atoms with E-state index in [1.54, 1.807) is 0 Å². The Hall–Kier alpha value is -2.20. The second-order valence-electron chi connectivity index (χ2n) is 7.06. The van der Waals surface area contributed by atoms with Crippen molar-refractivity contribution in [2.75, 3.05) is 0 Å². The maximum absolute atomic E-state index is 13.2. The summed E-state index contributed by atoms with van der Waals surface area (Å²) in [7, 11) is 0. The molecule has 0 unspecified atom stereocenters. The molecule has 3 fully saturated rings. The monoisotopic (exact) mass is 440 g/mol. The molecule has 1 aromatic carbocycles. The molecule has 3 aliphatic rings. The van der Waals surface area contributed by atoms with Gasteiger partial charge >= 0.3 is 6.18 Å². The van der Waals surface area contributed by atoms with Crippen molar-refractivity contribution in [3.63, 3.8) is 0 Å². The third-order valence-electron chi connectivity index (χ3n) is 5.34. The summed E-state index contributed by atoms with van der Waals surface area (Å²) in [5.74, 6) is -2.62. The lowest BCUT2D eigenvalue weighted by Crippen LogP contribution is -2.49. The van der Waals surface area contributed by atoms with Gasteiger partial charge in [-0.25, -0.2) is 0 Å². The van der Waals surface area contributed by atoms with Gasteiger partial charge in [0.2, 0.25) is 0 Å². The first kappa shape index (κ1) is 20.1. The lowest BCUT2D eigenvalue weighted by molar-refractivity contribution is -0.158. The molecule has 3 amide bonds. The van der Waals surface area contributed by atoms with Crippen LogP contribution < -0.4 is 0 Å². The molecule has 2 saturated heterocycles. The molecule has 5 nitrogen and oxygen atoms in total. The van der Waals surface area contributed by atoms with Gasteiger partial charge in [0.25, 0.3) is 17.7 Å². The molecule has 0 bridgehead atoms. The molecule has 2 heterocycles. The first-order valence-electron chi connectivity index (χ1n) is 9.02. The highest BCUT2D eigenvalue weighted by atomic mass is 32.2. The van der Waals surface area contributed by atoms with Crippen LogP contribution in [-0.2, 0) is 20.6 Å². The maximum Gasteiger partial charge on any atom is 0.416 e. The van der Waals surface area contributed by atoms with Crippen LogP contribution in [0, 0.1) is 11.8 Å². The van der Waals surface area contributed by atoms with Crippen LogP contribution in [0.3, 0.4) is 0 Å². The van der Waals surface area contributed by atoms with Gasteiger partial charge in [-0.05, 0) is 42.8 Å². The SMILES string of the molecule is O=C1/C(=C/c2ccccc2C(F)(F)F)SC(=S)N1N1C(=O)[C@H]2CCCC[C@@H]2C1=O. The second kappa shape index (κ2) is 7.24. The maximum atomic E-state index is 13.2. The molecule has 4 rings (SSSR count). The van der Waals surface area contributed by atoms with E-state index in [0.717, 1.165) is 46.8 Å². The number of thioether (sulfide) groups is 1. The highest BCUT2D eigenvalue weighted by molar-refractivity contribution is 8.26. The number of amides is 3. The Morgan fingerprint density at radius 1 is 1.00 bits per heavy atom. The van der Waals surface area contributed by atoms with Crippen molar-refractivity contribution in [3.05, 3.63) is 40.3 Å². The second-order valence-corrected chi connectivity index (χ2v) is 8.74. The summed E-state index contributed by atoms with van der Waals surface area (Å²) in [5.41, 5.74) is -1.07. The Labute approximate surface area is 173 Å². The van der Waals surface area contributed by atoms with E-state index in [-0.39, 0.29) is 14.8 Å². The van der Waals surface area contributed by atoms with Crippen LogP contribution >= 0.6 is 24.0 Å². The molecule has 1 saturated carbocycles. The van der Waals surface area contributed by atoms with Gasteiger partial charge in [-0.1, -0.05) is 42.8 Å². The number of rotatable bonds is 2. The number of carbonyl (C=O) groups excluding carboxylic acids is 3. The largest absolute Gasteiger partial charge is 0.416 e. The number of thiocarbonyl (C=S) groups is 1. The molecular formula is C19H15F3N2O3S2. The van der Waals surface area contributed by atoms with Crippen molar-refractivity contribution in [2.45, 2.75) is 31.9 Å². The van der Waals surface area contributed by atoms with Crippen LogP contribution in [0.15, 0.2) is 29.2 Å². The van der Waals surface area contributed by atoms with Crippen molar-refractivity contribution < 1.29 is 27.6 Å². The zero-order valence-electron chi connectivity index (χ0n) is 14.9. The van der Waals surface area contributed by atoms with Crippen LogP contribution in [0.4, 0.5) is 13.2 Å². The lowest BCUT2D eigenvalue weighted by Gasteiger charge is -2.24. The topological polar surface area (TPSA) is 57.7 Å². The summed E-state index contributed by atoms with van der Waals surface area (Å²) in [4.78, 5) is 38.3. The van der Waals surface area contributed by atoms with Gasteiger partial charge in [-0.3, -0.25) is 14.4 Å². The summed E-state index contributed by atoms with van der Waals surface area (Å²) in [6, 6.07) is 4.86. The molecule has 0 spiro atoms. The summed E-state index contributed by atoms with van der Waals surface area (Å²) < 4.78 is 39.7. The third-order valence-corrected chi connectivity index (χ3v) is 6.63. The van der Waals surface area contributed by atoms with Crippen molar-refractivity contribution in [1.29, 1.82) is 0 Å². The fourth-order valence-corrected chi connectivity index (χ4v) is 5.23. The van der Waals surface area contributed by atoms with Crippen LogP contribution in [0.1, 0.15) is 36.8 Å². The number of benzene rings is 1. The molecule has 0 N–H and O–H groups in total. The van der Waals surface area contributed by atoms with Gasteiger partial charge in [0.1, 0.15) is 0 Å². The Balaban J connectivity index is 1.66. The van der Waals surface area contributed by atoms with Crippen molar-refractivity contribution >= 4 is 52.1 Å². The van der Waals surface area contributed by atoms with Crippen molar-refractivity contribution in [3.8, 4) is 0 Å². The van der Waals surface area contributed by atoms with Crippen LogP contribution in [0.5, 0.6) is 0 Å². The highest BCUT2D eigenvalue weighted by Crippen LogP contribution is 2.43. The van der Waals surface area contributed by atoms with Gasteiger partial charge in [0, 0.05) is 0 Å². The third kappa shape index (κ3) is 3.38. The average Bonchev–Trinajstić information content (AvgIpc) is 3.08. The normalized spacial score (nSPS) is 26.7. The molecule has 1 aromatic rings.